The zero-order valence-corrected chi connectivity index (χ0v) is 23.0. The molecule has 0 radical (unpaired) electrons. The van der Waals surface area contributed by atoms with Gasteiger partial charge in [-0.05, 0) is 67.2 Å². The van der Waals surface area contributed by atoms with Crippen molar-refractivity contribution in [2.24, 2.45) is 23.4 Å². The third kappa shape index (κ3) is 4.19. The maximum atomic E-state index is 13.5. The summed E-state index contributed by atoms with van der Waals surface area (Å²) in [6.45, 7) is 6.36. The van der Waals surface area contributed by atoms with Crippen molar-refractivity contribution >= 4 is 17.6 Å². The van der Waals surface area contributed by atoms with E-state index in [2.05, 4.69) is 61.4 Å². The zero-order valence-electron chi connectivity index (χ0n) is 23.0. The van der Waals surface area contributed by atoms with Crippen LogP contribution >= 0.6 is 0 Å². The Kier molecular flexibility index (Phi) is 5.38. The van der Waals surface area contributed by atoms with E-state index in [1.807, 2.05) is 33.9 Å². The molecule has 4 aliphatic rings. The van der Waals surface area contributed by atoms with Crippen molar-refractivity contribution < 1.29 is 9.59 Å². The Morgan fingerprint density at radius 1 is 1.00 bits per heavy atom. The maximum Gasteiger partial charge on any atom is 0.256 e. The normalized spacial score (nSPS) is 22.5. The van der Waals surface area contributed by atoms with Crippen molar-refractivity contribution in [3.05, 3.63) is 66.0 Å². The lowest BCUT2D eigenvalue weighted by atomic mass is 9.97. The summed E-state index contributed by atoms with van der Waals surface area (Å²) in [6, 6.07) is 15.0. The van der Waals surface area contributed by atoms with Crippen LogP contribution < -0.4 is 0 Å². The molecule has 0 N–H and O–H groups in total. The van der Waals surface area contributed by atoms with Crippen LogP contribution in [0, 0.1) is 18.3 Å². The highest BCUT2D eigenvalue weighted by Gasteiger charge is 2.58. The number of hydrogen-bond donors (Lipinski definition) is 0. The summed E-state index contributed by atoms with van der Waals surface area (Å²) in [6.07, 6.45) is 8.51. The molecule has 3 heterocycles. The first-order valence-electron chi connectivity index (χ1n) is 14.2. The predicted molar refractivity (Wildman–Crippen MR) is 151 cm³/mol. The largest absolute Gasteiger partial charge is 0.342 e. The maximum absolute atomic E-state index is 13.5. The molecule has 1 aromatic heterocycles. The second kappa shape index (κ2) is 8.63. The van der Waals surface area contributed by atoms with E-state index >= 15 is 0 Å². The first-order chi connectivity index (χ1) is 18.7. The van der Waals surface area contributed by atoms with Crippen molar-refractivity contribution in [3.63, 3.8) is 0 Å². The number of amides is 2. The molecule has 200 valence electrons. The number of carbonyl (C=O) groups excluding carboxylic acids is 2. The Bertz CT molecular complexity index is 1510. The minimum absolute atomic E-state index is 0.138. The molecule has 1 atom stereocenters. The number of benzene rings is 2. The van der Waals surface area contributed by atoms with Crippen molar-refractivity contribution in [1.82, 2.24) is 19.6 Å². The molecule has 3 fully saturated rings. The lowest BCUT2D eigenvalue weighted by molar-refractivity contribution is -0.135. The van der Waals surface area contributed by atoms with Gasteiger partial charge in [0.2, 0.25) is 5.91 Å². The van der Waals surface area contributed by atoms with Gasteiger partial charge in [-0.1, -0.05) is 49.4 Å². The van der Waals surface area contributed by atoms with E-state index in [9.17, 15) is 9.59 Å². The van der Waals surface area contributed by atoms with E-state index in [-0.39, 0.29) is 17.2 Å². The molecule has 1 saturated heterocycles. The quantitative estimate of drug-likeness (QED) is 0.466. The second-order valence-corrected chi connectivity index (χ2v) is 12.4. The van der Waals surface area contributed by atoms with Gasteiger partial charge in [-0.3, -0.25) is 24.2 Å². The van der Waals surface area contributed by atoms with Gasteiger partial charge >= 0.3 is 0 Å². The highest BCUT2D eigenvalue weighted by Crippen LogP contribution is 2.48. The summed E-state index contributed by atoms with van der Waals surface area (Å²) < 4.78 is 1.81. The minimum atomic E-state index is -0.543. The molecule has 7 heteroatoms. The number of aromatic nitrogens is 2. The number of amidine groups is 1. The van der Waals surface area contributed by atoms with Gasteiger partial charge in [0.1, 0.15) is 11.4 Å². The lowest BCUT2D eigenvalue weighted by Gasteiger charge is -2.25. The minimum Gasteiger partial charge on any atom is -0.342 e. The Labute approximate surface area is 229 Å². The molecule has 2 aliphatic heterocycles. The molecule has 1 spiro atoms. The van der Waals surface area contributed by atoms with Gasteiger partial charge < -0.3 is 4.90 Å². The van der Waals surface area contributed by atoms with Crippen LogP contribution in [0.4, 0.5) is 0 Å². The predicted octanol–water partition coefficient (Wildman–Crippen LogP) is 4.83. The van der Waals surface area contributed by atoms with Gasteiger partial charge in [-0.2, -0.15) is 5.10 Å². The van der Waals surface area contributed by atoms with Gasteiger partial charge in [0.25, 0.3) is 5.91 Å². The smallest absolute Gasteiger partial charge is 0.256 e. The third-order valence-corrected chi connectivity index (χ3v) is 9.20. The molecule has 1 unspecified atom stereocenters. The summed E-state index contributed by atoms with van der Waals surface area (Å²) >= 11 is 0. The molecule has 2 aromatic carbocycles. The fourth-order valence-electron chi connectivity index (χ4n) is 6.20. The van der Waals surface area contributed by atoms with Crippen molar-refractivity contribution in [2.45, 2.75) is 51.5 Å². The molecule has 2 aliphatic carbocycles. The highest BCUT2D eigenvalue weighted by molar-refractivity contribution is 6.17. The first kappa shape index (κ1) is 24.3. The average Bonchev–Trinajstić information content (AvgIpc) is 3.74. The Morgan fingerprint density at radius 2 is 1.69 bits per heavy atom. The van der Waals surface area contributed by atoms with Crippen LogP contribution in [-0.4, -0.2) is 62.4 Å². The highest BCUT2D eigenvalue weighted by atomic mass is 16.2. The number of nitrogens with zero attached hydrogens (tertiary/aromatic N) is 5. The van der Waals surface area contributed by atoms with Crippen molar-refractivity contribution in [3.8, 4) is 22.3 Å². The van der Waals surface area contributed by atoms with Crippen LogP contribution in [0.1, 0.15) is 50.2 Å². The standard InChI is InChI=1S/C32H35N5O2/c1-21-16-25(23-4-6-24(7-5-23)26-17-33-35(3)20-26)8-9-27(21)28-34-32(13-14-32)30(39)37(28)19-22-10-15-36(18-22)29(38)31(2)11-12-31/h4-9,16-17,20,22H,10-15,18-19H2,1-3H3. The molecular formula is C32H35N5O2. The Hall–Kier alpha value is -3.74. The van der Waals surface area contributed by atoms with Crippen LogP contribution in [0.2, 0.25) is 0 Å². The van der Waals surface area contributed by atoms with Crippen molar-refractivity contribution in [1.29, 1.82) is 0 Å². The van der Waals surface area contributed by atoms with E-state index in [1.165, 1.54) is 0 Å². The molecule has 7 nitrogen and oxygen atoms in total. The third-order valence-electron chi connectivity index (χ3n) is 9.20. The van der Waals surface area contributed by atoms with Crippen LogP contribution in [0.3, 0.4) is 0 Å². The van der Waals surface area contributed by atoms with E-state index in [4.69, 9.17) is 4.99 Å². The summed E-state index contributed by atoms with van der Waals surface area (Å²) in [4.78, 5) is 35.4. The van der Waals surface area contributed by atoms with E-state index in [0.717, 1.165) is 84.4 Å². The van der Waals surface area contributed by atoms with Crippen LogP contribution in [0.5, 0.6) is 0 Å². The van der Waals surface area contributed by atoms with Crippen LogP contribution in [0.25, 0.3) is 22.3 Å². The van der Waals surface area contributed by atoms with Gasteiger partial charge in [0.05, 0.1) is 6.20 Å². The fourth-order valence-corrected chi connectivity index (χ4v) is 6.20. The Morgan fingerprint density at radius 3 is 2.31 bits per heavy atom. The van der Waals surface area contributed by atoms with Gasteiger partial charge in [-0.15, -0.1) is 0 Å². The van der Waals surface area contributed by atoms with Gasteiger partial charge in [0, 0.05) is 49.4 Å². The number of likely N-dealkylation sites (tertiary alicyclic amines) is 1. The topological polar surface area (TPSA) is 70.8 Å². The van der Waals surface area contributed by atoms with E-state index in [0.29, 0.717) is 12.5 Å². The number of aryl methyl sites for hydroxylation is 2. The SMILES string of the molecule is Cc1cc(-c2ccc(-c3cnn(C)c3)cc2)ccc1C1=NC2(CC2)C(=O)N1CC1CCN(C(=O)C2(C)CC2)C1. The van der Waals surface area contributed by atoms with Gasteiger partial charge in [0.15, 0.2) is 0 Å². The summed E-state index contributed by atoms with van der Waals surface area (Å²) in [7, 11) is 1.93. The summed E-state index contributed by atoms with van der Waals surface area (Å²) in [5.74, 6) is 1.54. The molecule has 7 rings (SSSR count). The zero-order chi connectivity index (χ0) is 26.9. The molecular weight excluding hydrogens is 486 g/mol. The molecule has 3 aromatic rings. The number of rotatable bonds is 6. The lowest BCUT2D eigenvalue weighted by Crippen LogP contribution is -2.41. The molecule has 2 amide bonds. The van der Waals surface area contributed by atoms with Gasteiger partial charge in [-0.25, -0.2) is 0 Å². The van der Waals surface area contributed by atoms with Crippen LogP contribution in [0.15, 0.2) is 59.9 Å². The number of hydrogen-bond acceptors (Lipinski definition) is 4. The molecule has 2 saturated carbocycles. The monoisotopic (exact) mass is 521 g/mol. The first-order valence-corrected chi connectivity index (χ1v) is 14.2. The second-order valence-electron chi connectivity index (χ2n) is 12.4. The molecule has 0 bridgehead atoms. The number of carbonyl (C=O) groups is 2. The summed E-state index contributed by atoms with van der Waals surface area (Å²) in [5, 5.41) is 4.27. The molecule has 39 heavy (non-hydrogen) atoms. The van der Waals surface area contributed by atoms with E-state index in [1.54, 1.807) is 0 Å². The van der Waals surface area contributed by atoms with Crippen molar-refractivity contribution in [2.75, 3.05) is 19.6 Å². The Balaban J connectivity index is 1.11. The average molecular weight is 522 g/mol. The van der Waals surface area contributed by atoms with Crippen LogP contribution in [-0.2, 0) is 16.6 Å². The summed E-state index contributed by atoms with van der Waals surface area (Å²) in [5.41, 5.74) is 6.00. The van der Waals surface area contributed by atoms with E-state index < -0.39 is 5.54 Å². The number of aliphatic imine (C=N–C) groups is 1. The fraction of sp³-hybridized carbons (Fsp3) is 0.438.